The summed E-state index contributed by atoms with van der Waals surface area (Å²) < 4.78 is 16.7. The van der Waals surface area contributed by atoms with Gasteiger partial charge in [0.25, 0.3) is 0 Å². The van der Waals surface area contributed by atoms with E-state index in [0.29, 0.717) is 19.3 Å². The average molecular weight is 823 g/mol. The van der Waals surface area contributed by atoms with Crippen LogP contribution in [0, 0.1) is 0 Å². The molecule has 59 heavy (non-hydrogen) atoms. The van der Waals surface area contributed by atoms with Crippen LogP contribution in [0.2, 0.25) is 0 Å². The highest BCUT2D eigenvalue weighted by Gasteiger charge is 2.19. The molecule has 0 aliphatic heterocycles. The molecular formula is C53H90O6. The highest BCUT2D eigenvalue weighted by atomic mass is 16.6. The molecule has 0 fully saturated rings. The second-order valence-corrected chi connectivity index (χ2v) is 16.0. The van der Waals surface area contributed by atoms with Crippen LogP contribution in [0.1, 0.15) is 226 Å². The summed E-state index contributed by atoms with van der Waals surface area (Å²) in [6, 6.07) is 0. The molecule has 0 N–H and O–H groups in total. The van der Waals surface area contributed by atoms with Crippen LogP contribution in [0.15, 0.2) is 72.9 Å². The maximum atomic E-state index is 12.7. The summed E-state index contributed by atoms with van der Waals surface area (Å²) in [5.41, 5.74) is 0. The van der Waals surface area contributed by atoms with Crippen molar-refractivity contribution in [2.24, 2.45) is 0 Å². The number of carbonyl (C=O) groups excluding carboxylic acids is 3. The molecule has 6 heteroatoms. The first-order valence-electron chi connectivity index (χ1n) is 24.5. The van der Waals surface area contributed by atoms with E-state index >= 15 is 0 Å². The molecule has 0 saturated heterocycles. The molecule has 0 saturated carbocycles. The Morgan fingerprint density at radius 2 is 0.729 bits per heavy atom. The van der Waals surface area contributed by atoms with Crippen LogP contribution in [0.5, 0.6) is 0 Å². The van der Waals surface area contributed by atoms with E-state index in [1.807, 2.05) is 0 Å². The van der Waals surface area contributed by atoms with Gasteiger partial charge in [0, 0.05) is 19.3 Å². The van der Waals surface area contributed by atoms with E-state index in [-0.39, 0.29) is 37.5 Å². The zero-order chi connectivity index (χ0) is 43.0. The fourth-order valence-electron chi connectivity index (χ4n) is 6.49. The number of rotatable bonds is 43. The van der Waals surface area contributed by atoms with Gasteiger partial charge in [0.1, 0.15) is 13.2 Å². The molecule has 0 bridgehead atoms. The lowest BCUT2D eigenvalue weighted by Crippen LogP contribution is -2.30. The average Bonchev–Trinajstić information content (AvgIpc) is 3.23. The largest absolute Gasteiger partial charge is 0.462 e. The smallest absolute Gasteiger partial charge is 0.306 e. The number of allylic oxidation sites excluding steroid dienone is 12. The van der Waals surface area contributed by atoms with Gasteiger partial charge < -0.3 is 14.2 Å². The molecule has 0 rings (SSSR count). The van der Waals surface area contributed by atoms with E-state index in [4.69, 9.17) is 14.2 Å². The Kier molecular flexibility index (Phi) is 45.0. The number of esters is 3. The van der Waals surface area contributed by atoms with Crippen LogP contribution in [-0.2, 0) is 28.6 Å². The van der Waals surface area contributed by atoms with Crippen molar-refractivity contribution in [3.05, 3.63) is 72.9 Å². The van der Waals surface area contributed by atoms with Crippen LogP contribution in [-0.4, -0.2) is 37.2 Å². The predicted octanol–water partition coefficient (Wildman–Crippen LogP) is 15.9. The monoisotopic (exact) mass is 823 g/mol. The number of ether oxygens (including phenoxy) is 3. The first-order valence-corrected chi connectivity index (χ1v) is 24.5. The van der Waals surface area contributed by atoms with Crippen molar-refractivity contribution in [2.75, 3.05) is 13.2 Å². The lowest BCUT2D eigenvalue weighted by molar-refractivity contribution is -0.167. The zero-order valence-corrected chi connectivity index (χ0v) is 38.5. The fourth-order valence-corrected chi connectivity index (χ4v) is 6.49. The number of carbonyl (C=O) groups is 3. The van der Waals surface area contributed by atoms with Gasteiger partial charge in [-0.25, -0.2) is 0 Å². The van der Waals surface area contributed by atoms with Crippen molar-refractivity contribution in [2.45, 2.75) is 232 Å². The lowest BCUT2D eigenvalue weighted by atomic mass is 10.1. The molecular weight excluding hydrogens is 733 g/mol. The molecule has 0 heterocycles. The second kappa shape index (κ2) is 47.5. The van der Waals surface area contributed by atoms with E-state index < -0.39 is 6.10 Å². The van der Waals surface area contributed by atoms with Gasteiger partial charge in [-0.2, -0.15) is 0 Å². The third-order valence-corrected chi connectivity index (χ3v) is 10.2. The topological polar surface area (TPSA) is 78.9 Å². The molecule has 0 aromatic heterocycles. The SMILES string of the molecule is CC/C=C\C/C=C\C/C=C\CCCCC(=O)OC(COC(=O)CCCCCCC/C=C\C=C/CCCCCCCCC)COC(=O)CCCCCCC/C=C\CCCC. The molecule has 6 nitrogen and oxygen atoms in total. The highest BCUT2D eigenvalue weighted by Crippen LogP contribution is 2.13. The van der Waals surface area contributed by atoms with E-state index in [2.05, 4.69) is 93.7 Å². The summed E-state index contributed by atoms with van der Waals surface area (Å²) in [4.78, 5) is 37.8. The van der Waals surface area contributed by atoms with E-state index in [0.717, 1.165) is 103 Å². The van der Waals surface area contributed by atoms with Gasteiger partial charge in [-0.15, -0.1) is 0 Å². The molecule has 0 aliphatic carbocycles. The maximum Gasteiger partial charge on any atom is 0.306 e. The Balaban J connectivity index is 4.42. The summed E-state index contributed by atoms with van der Waals surface area (Å²) >= 11 is 0. The van der Waals surface area contributed by atoms with Crippen LogP contribution < -0.4 is 0 Å². The maximum absolute atomic E-state index is 12.7. The van der Waals surface area contributed by atoms with E-state index in [1.54, 1.807) is 0 Å². The molecule has 0 aromatic carbocycles. The minimum absolute atomic E-state index is 0.101. The molecule has 0 aromatic rings. The van der Waals surface area contributed by atoms with Crippen molar-refractivity contribution >= 4 is 17.9 Å². The van der Waals surface area contributed by atoms with Crippen molar-refractivity contribution in [1.29, 1.82) is 0 Å². The third kappa shape index (κ3) is 45.8. The van der Waals surface area contributed by atoms with Crippen molar-refractivity contribution in [3.8, 4) is 0 Å². The fraction of sp³-hybridized carbons (Fsp3) is 0.717. The second-order valence-electron chi connectivity index (χ2n) is 16.0. The summed E-state index contributed by atoms with van der Waals surface area (Å²) in [6.45, 7) is 6.41. The Labute approximate surface area is 363 Å². The molecule has 1 unspecified atom stereocenters. The molecule has 0 spiro atoms. The molecule has 338 valence electrons. The highest BCUT2D eigenvalue weighted by molar-refractivity contribution is 5.71. The Bertz CT molecular complexity index is 1130. The summed E-state index contributed by atoms with van der Waals surface area (Å²) in [5, 5.41) is 0. The van der Waals surface area contributed by atoms with E-state index in [1.165, 1.54) is 77.0 Å². The summed E-state index contributed by atoms with van der Waals surface area (Å²) in [6.07, 6.45) is 58.9. The summed E-state index contributed by atoms with van der Waals surface area (Å²) in [7, 11) is 0. The first kappa shape index (κ1) is 55.9. The Hall–Kier alpha value is -3.15. The van der Waals surface area contributed by atoms with Gasteiger partial charge >= 0.3 is 17.9 Å². The lowest BCUT2D eigenvalue weighted by Gasteiger charge is -2.18. The van der Waals surface area contributed by atoms with Crippen LogP contribution in [0.4, 0.5) is 0 Å². The number of hydrogen-bond acceptors (Lipinski definition) is 6. The van der Waals surface area contributed by atoms with Crippen LogP contribution in [0.25, 0.3) is 0 Å². The van der Waals surface area contributed by atoms with Gasteiger partial charge in [-0.05, 0) is 96.3 Å². The number of unbranched alkanes of at least 4 members (excludes halogenated alkanes) is 21. The number of hydrogen-bond donors (Lipinski definition) is 0. The van der Waals surface area contributed by atoms with Gasteiger partial charge in [-0.3, -0.25) is 14.4 Å². The van der Waals surface area contributed by atoms with Crippen molar-refractivity contribution in [3.63, 3.8) is 0 Å². The Morgan fingerprint density at radius 1 is 0.373 bits per heavy atom. The molecule has 0 amide bonds. The van der Waals surface area contributed by atoms with Crippen molar-refractivity contribution in [1.82, 2.24) is 0 Å². The van der Waals surface area contributed by atoms with Crippen LogP contribution in [0.3, 0.4) is 0 Å². The van der Waals surface area contributed by atoms with Gasteiger partial charge in [0.2, 0.25) is 0 Å². The van der Waals surface area contributed by atoms with E-state index in [9.17, 15) is 14.4 Å². The zero-order valence-electron chi connectivity index (χ0n) is 38.5. The quantitative estimate of drug-likeness (QED) is 0.0200. The predicted molar refractivity (Wildman–Crippen MR) is 251 cm³/mol. The van der Waals surface area contributed by atoms with Gasteiger partial charge in [-0.1, -0.05) is 184 Å². The van der Waals surface area contributed by atoms with Crippen LogP contribution >= 0.6 is 0 Å². The Morgan fingerprint density at radius 3 is 1.24 bits per heavy atom. The normalized spacial score (nSPS) is 12.7. The standard InChI is InChI=1S/C53H90O6/c1-4-7-10-13-16-19-22-24-25-26-27-28-29-32-34-37-40-43-46-52(55)58-49-50(48-57-51(54)45-42-39-36-33-30-21-18-15-12-9-6-3)59-53(56)47-44-41-38-35-31-23-20-17-14-11-8-5-2/h8,11,15,17-18,20,25-28,31,35,50H,4-7,9-10,12-14,16,19,21-24,29-30,32-34,36-49H2,1-3H3/b11-8-,18-15-,20-17-,26-25-,28-27-,35-31-. The molecule has 1 atom stereocenters. The minimum atomic E-state index is -0.803. The summed E-state index contributed by atoms with van der Waals surface area (Å²) in [5.74, 6) is -0.969. The molecule has 0 aliphatic rings. The van der Waals surface area contributed by atoms with Crippen molar-refractivity contribution < 1.29 is 28.6 Å². The third-order valence-electron chi connectivity index (χ3n) is 10.2. The first-order chi connectivity index (χ1) is 29.0. The minimum Gasteiger partial charge on any atom is -0.462 e. The van der Waals surface area contributed by atoms with Gasteiger partial charge in [0.15, 0.2) is 6.10 Å². The van der Waals surface area contributed by atoms with Gasteiger partial charge in [0.05, 0.1) is 0 Å². The molecule has 0 radical (unpaired) electrons.